The van der Waals surface area contributed by atoms with Crippen LogP contribution in [-0.4, -0.2) is 19.0 Å². The van der Waals surface area contributed by atoms with Crippen LogP contribution in [0, 0.1) is 11.7 Å². The standard InChI is InChI=1S/C14H20FN3O/c1-9(16)11-5-2-6-12(15)13(11)18-7-3-4-10(8-18)14(17)19/h2,5-6,9-10H,3-4,7-8,16H2,1H3,(H2,17,19). The van der Waals surface area contributed by atoms with Crippen molar-refractivity contribution in [2.45, 2.75) is 25.8 Å². The number of carbonyl (C=O) groups excluding carboxylic acids is 1. The van der Waals surface area contributed by atoms with E-state index in [1.54, 1.807) is 6.07 Å². The number of primary amides is 1. The average Bonchev–Trinajstić information content (AvgIpc) is 2.38. The van der Waals surface area contributed by atoms with Crippen molar-refractivity contribution in [1.82, 2.24) is 0 Å². The Morgan fingerprint density at radius 2 is 2.26 bits per heavy atom. The Morgan fingerprint density at radius 3 is 2.89 bits per heavy atom. The van der Waals surface area contributed by atoms with E-state index in [9.17, 15) is 9.18 Å². The maximum absolute atomic E-state index is 14.1. The predicted molar refractivity (Wildman–Crippen MR) is 73.1 cm³/mol. The molecule has 2 atom stereocenters. The van der Waals surface area contributed by atoms with Crippen molar-refractivity contribution < 1.29 is 9.18 Å². The number of nitrogens with two attached hydrogens (primary N) is 2. The van der Waals surface area contributed by atoms with Crippen molar-refractivity contribution in [3.05, 3.63) is 29.6 Å². The molecule has 4 nitrogen and oxygen atoms in total. The molecular formula is C14H20FN3O. The summed E-state index contributed by atoms with van der Waals surface area (Å²) in [6.07, 6.45) is 1.61. The molecule has 1 aliphatic rings. The summed E-state index contributed by atoms with van der Waals surface area (Å²) in [4.78, 5) is 13.2. The van der Waals surface area contributed by atoms with E-state index in [1.807, 2.05) is 17.9 Å². The quantitative estimate of drug-likeness (QED) is 0.871. The van der Waals surface area contributed by atoms with Crippen LogP contribution in [0.1, 0.15) is 31.4 Å². The van der Waals surface area contributed by atoms with Crippen LogP contribution in [0.25, 0.3) is 0 Å². The molecule has 0 spiro atoms. The van der Waals surface area contributed by atoms with Crippen LogP contribution in [0.3, 0.4) is 0 Å². The number of anilines is 1. The molecule has 19 heavy (non-hydrogen) atoms. The molecule has 1 aromatic carbocycles. The van der Waals surface area contributed by atoms with Crippen molar-refractivity contribution in [2.75, 3.05) is 18.0 Å². The third-order valence-electron chi connectivity index (χ3n) is 3.65. The summed E-state index contributed by atoms with van der Waals surface area (Å²) >= 11 is 0. The van der Waals surface area contributed by atoms with Crippen LogP contribution in [0.4, 0.5) is 10.1 Å². The maximum atomic E-state index is 14.1. The Morgan fingerprint density at radius 1 is 1.53 bits per heavy atom. The van der Waals surface area contributed by atoms with Crippen molar-refractivity contribution in [3.63, 3.8) is 0 Å². The van der Waals surface area contributed by atoms with Crippen LogP contribution in [0.5, 0.6) is 0 Å². The molecule has 2 rings (SSSR count). The summed E-state index contributed by atoms with van der Waals surface area (Å²) in [6, 6.07) is 4.67. The number of benzene rings is 1. The number of rotatable bonds is 3. The lowest BCUT2D eigenvalue weighted by Gasteiger charge is -2.35. The van der Waals surface area contributed by atoms with E-state index >= 15 is 0 Å². The van der Waals surface area contributed by atoms with Crippen LogP contribution in [-0.2, 0) is 4.79 Å². The summed E-state index contributed by atoms with van der Waals surface area (Å²) in [7, 11) is 0. The second-order valence-electron chi connectivity index (χ2n) is 5.15. The first kappa shape index (κ1) is 13.8. The highest BCUT2D eigenvalue weighted by Crippen LogP contribution is 2.31. The van der Waals surface area contributed by atoms with Crippen LogP contribution in [0.15, 0.2) is 18.2 Å². The largest absolute Gasteiger partial charge is 0.369 e. The van der Waals surface area contributed by atoms with Gasteiger partial charge in [0.1, 0.15) is 5.82 Å². The zero-order valence-corrected chi connectivity index (χ0v) is 11.1. The second kappa shape index (κ2) is 5.57. The highest BCUT2D eigenvalue weighted by molar-refractivity contribution is 5.77. The molecule has 1 aromatic rings. The van der Waals surface area contributed by atoms with E-state index in [-0.39, 0.29) is 23.7 Å². The smallest absolute Gasteiger partial charge is 0.222 e. The van der Waals surface area contributed by atoms with E-state index in [4.69, 9.17) is 11.5 Å². The molecule has 1 fully saturated rings. The van der Waals surface area contributed by atoms with Gasteiger partial charge in [-0.15, -0.1) is 0 Å². The summed E-state index contributed by atoms with van der Waals surface area (Å²) in [5.74, 6) is -0.822. The third kappa shape index (κ3) is 2.87. The highest BCUT2D eigenvalue weighted by atomic mass is 19.1. The molecule has 0 aromatic heterocycles. The molecule has 104 valence electrons. The van der Waals surface area contributed by atoms with E-state index in [0.717, 1.165) is 24.9 Å². The van der Waals surface area contributed by atoms with Gasteiger partial charge in [0.15, 0.2) is 0 Å². The number of para-hydroxylation sites is 1. The lowest BCUT2D eigenvalue weighted by molar-refractivity contribution is -0.122. The first-order chi connectivity index (χ1) is 9.00. The lowest BCUT2D eigenvalue weighted by Crippen LogP contribution is -2.42. The van der Waals surface area contributed by atoms with Crippen molar-refractivity contribution in [1.29, 1.82) is 0 Å². The Hall–Kier alpha value is -1.62. The summed E-state index contributed by atoms with van der Waals surface area (Å²) in [6.45, 7) is 3.02. The topological polar surface area (TPSA) is 72.3 Å². The predicted octanol–water partition coefficient (Wildman–Crippen LogP) is 1.55. The zero-order valence-electron chi connectivity index (χ0n) is 11.1. The number of nitrogens with zero attached hydrogens (tertiary/aromatic N) is 1. The summed E-state index contributed by atoms with van der Waals surface area (Å²) in [5, 5.41) is 0. The van der Waals surface area contributed by atoms with E-state index in [1.165, 1.54) is 6.07 Å². The fraction of sp³-hybridized carbons (Fsp3) is 0.500. The van der Waals surface area contributed by atoms with Gasteiger partial charge in [-0.1, -0.05) is 12.1 Å². The molecule has 1 heterocycles. The van der Waals surface area contributed by atoms with Gasteiger partial charge < -0.3 is 16.4 Å². The van der Waals surface area contributed by atoms with Gasteiger partial charge >= 0.3 is 0 Å². The van der Waals surface area contributed by atoms with Gasteiger partial charge in [-0.3, -0.25) is 4.79 Å². The molecule has 0 bridgehead atoms. The number of carbonyl (C=O) groups is 1. The third-order valence-corrected chi connectivity index (χ3v) is 3.65. The van der Waals surface area contributed by atoms with Gasteiger partial charge in [0.25, 0.3) is 0 Å². The molecule has 0 aliphatic carbocycles. The molecule has 0 saturated carbocycles. The second-order valence-corrected chi connectivity index (χ2v) is 5.15. The van der Waals surface area contributed by atoms with Gasteiger partial charge in [0.05, 0.1) is 11.6 Å². The normalized spacial score (nSPS) is 21.2. The SMILES string of the molecule is CC(N)c1cccc(F)c1N1CCCC(C(N)=O)C1. The van der Waals surface area contributed by atoms with Gasteiger partial charge in [0.2, 0.25) is 5.91 Å². The summed E-state index contributed by atoms with van der Waals surface area (Å²) < 4.78 is 14.1. The molecule has 1 saturated heterocycles. The first-order valence-corrected chi connectivity index (χ1v) is 6.59. The Labute approximate surface area is 112 Å². The number of hydrogen-bond acceptors (Lipinski definition) is 3. The molecule has 2 unspecified atom stereocenters. The maximum Gasteiger partial charge on any atom is 0.222 e. The van der Waals surface area contributed by atoms with Crippen molar-refractivity contribution in [2.24, 2.45) is 17.4 Å². The van der Waals surface area contributed by atoms with E-state index in [0.29, 0.717) is 12.2 Å². The Bertz CT molecular complexity index is 476. The molecular weight excluding hydrogens is 245 g/mol. The van der Waals surface area contributed by atoms with Crippen LogP contribution < -0.4 is 16.4 Å². The molecule has 4 N–H and O–H groups in total. The molecule has 1 aliphatic heterocycles. The lowest BCUT2D eigenvalue weighted by atomic mass is 9.95. The zero-order chi connectivity index (χ0) is 14.0. The van der Waals surface area contributed by atoms with Gasteiger partial charge in [-0.05, 0) is 31.4 Å². The van der Waals surface area contributed by atoms with Crippen molar-refractivity contribution in [3.8, 4) is 0 Å². The molecule has 1 amide bonds. The minimum Gasteiger partial charge on any atom is -0.369 e. The average molecular weight is 265 g/mol. The Kier molecular flexibility index (Phi) is 4.04. The minimum atomic E-state index is -0.316. The fourth-order valence-corrected chi connectivity index (χ4v) is 2.65. The summed E-state index contributed by atoms with van der Waals surface area (Å²) in [5.41, 5.74) is 12.5. The monoisotopic (exact) mass is 265 g/mol. The van der Waals surface area contributed by atoms with Gasteiger partial charge in [0, 0.05) is 19.1 Å². The first-order valence-electron chi connectivity index (χ1n) is 6.59. The van der Waals surface area contributed by atoms with E-state index in [2.05, 4.69) is 0 Å². The van der Waals surface area contributed by atoms with Crippen molar-refractivity contribution >= 4 is 11.6 Å². The minimum absolute atomic E-state index is 0.214. The fourth-order valence-electron chi connectivity index (χ4n) is 2.65. The van der Waals surface area contributed by atoms with Gasteiger partial charge in [-0.25, -0.2) is 4.39 Å². The highest BCUT2D eigenvalue weighted by Gasteiger charge is 2.27. The van der Waals surface area contributed by atoms with Gasteiger partial charge in [-0.2, -0.15) is 0 Å². The van der Waals surface area contributed by atoms with Crippen LogP contribution >= 0.6 is 0 Å². The number of piperidine rings is 1. The van der Waals surface area contributed by atoms with E-state index < -0.39 is 0 Å². The number of hydrogen-bond donors (Lipinski definition) is 2. The number of amides is 1. The Balaban J connectivity index is 2.33. The molecule has 5 heteroatoms. The number of halogens is 1. The molecule has 0 radical (unpaired) electrons. The van der Waals surface area contributed by atoms with Crippen LogP contribution in [0.2, 0.25) is 0 Å².